The highest BCUT2D eigenvalue weighted by Crippen LogP contribution is 2.44. The maximum absolute atomic E-state index is 13.2. The van der Waals surface area contributed by atoms with Crippen LogP contribution in [-0.2, 0) is 19.1 Å². The Morgan fingerprint density at radius 1 is 1.09 bits per heavy atom. The Morgan fingerprint density at radius 3 is 2.29 bits per heavy atom. The molecule has 2 N–H and O–H groups in total. The minimum Gasteiger partial charge on any atom is -0.481 e. The number of amides is 2. The zero-order valence-corrected chi connectivity index (χ0v) is 19.4. The van der Waals surface area contributed by atoms with Crippen molar-refractivity contribution in [2.24, 2.45) is 0 Å². The third-order valence-corrected chi connectivity index (χ3v) is 6.79. The number of nitrogens with zero attached hydrogens (tertiary/aromatic N) is 1. The van der Waals surface area contributed by atoms with E-state index in [2.05, 4.69) is 17.4 Å². The van der Waals surface area contributed by atoms with Crippen molar-refractivity contribution in [3.8, 4) is 11.1 Å². The predicted molar refractivity (Wildman–Crippen MR) is 125 cm³/mol. The van der Waals surface area contributed by atoms with Gasteiger partial charge in [-0.1, -0.05) is 48.5 Å². The molecular formula is C26H30N2O6. The normalized spacial score (nSPS) is 18.6. The van der Waals surface area contributed by atoms with Crippen LogP contribution in [0.4, 0.5) is 4.79 Å². The molecule has 0 radical (unpaired) electrons. The summed E-state index contributed by atoms with van der Waals surface area (Å²) in [4.78, 5) is 38.8. The van der Waals surface area contributed by atoms with Gasteiger partial charge in [-0.3, -0.25) is 9.59 Å². The number of hydrogen-bond acceptors (Lipinski definition) is 5. The van der Waals surface area contributed by atoms with Crippen molar-refractivity contribution in [1.82, 2.24) is 10.2 Å². The van der Waals surface area contributed by atoms with Crippen molar-refractivity contribution in [3.05, 3.63) is 59.7 Å². The summed E-state index contributed by atoms with van der Waals surface area (Å²) in [5.74, 6) is -1.40. The number of carbonyl (C=O) groups excluding carboxylic acids is 2. The molecule has 4 rings (SSSR count). The lowest BCUT2D eigenvalue weighted by atomic mass is 9.98. The first-order chi connectivity index (χ1) is 16.4. The van der Waals surface area contributed by atoms with Gasteiger partial charge in [-0.25, -0.2) is 4.79 Å². The Hall–Kier alpha value is -3.39. The minimum absolute atomic E-state index is 0.0920. The Labute approximate surface area is 198 Å². The second-order valence-corrected chi connectivity index (χ2v) is 8.81. The van der Waals surface area contributed by atoms with E-state index in [4.69, 9.17) is 9.47 Å². The van der Waals surface area contributed by atoms with Crippen LogP contribution in [0, 0.1) is 0 Å². The molecule has 1 saturated heterocycles. The largest absolute Gasteiger partial charge is 0.481 e. The Morgan fingerprint density at radius 2 is 1.71 bits per heavy atom. The molecular weight excluding hydrogens is 436 g/mol. The molecule has 2 aromatic carbocycles. The summed E-state index contributed by atoms with van der Waals surface area (Å²) >= 11 is 0. The highest BCUT2D eigenvalue weighted by atomic mass is 16.5. The van der Waals surface area contributed by atoms with Gasteiger partial charge in [0.15, 0.2) is 0 Å². The van der Waals surface area contributed by atoms with Gasteiger partial charge in [-0.15, -0.1) is 0 Å². The zero-order valence-electron chi connectivity index (χ0n) is 19.4. The molecule has 0 bridgehead atoms. The molecule has 2 aliphatic rings. The van der Waals surface area contributed by atoms with Crippen molar-refractivity contribution in [2.45, 2.75) is 50.3 Å². The van der Waals surface area contributed by atoms with Crippen LogP contribution in [-0.4, -0.2) is 66.4 Å². The summed E-state index contributed by atoms with van der Waals surface area (Å²) in [6.07, 6.45) is -0.0953. The molecule has 0 saturated carbocycles. The molecule has 8 heteroatoms. The van der Waals surface area contributed by atoms with Gasteiger partial charge in [-0.05, 0) is 42.0 Å². The van der Waals surface area contributed by atoms with E-state index < -0.39 is 24.2 Å². The van der Waals surface area contributed by atoms with Crippen molar-refractivity contribution in [1.29, 1.82) is 0 Å². The molecule has 2 amide bonds. The number of likely N-dealkylation sites (tertiary alicyclic amines) is 1. The number of carboxylic acid groups (broad SMARTS) is 1. The molecule has 0 spiro atoms. The third-order valence-electron chi connectivity index (χ3n) is 6.79. The SMILES string of the molecule is CO[C@H](C)[C@H](NC(=O)OCC1c2ccccc2-c2ccccc21)C(=O)N1CCC[C@@H]1CC(=O)O. The summed E-state index contributed by atoms with van der Waals surface area (Å²) in [5.41, 5.74) is 4.46. The van der Waals surface area contributed by atoms with Gasteiger partial charge >= 0.3 is 12.1 Å². The summed E-state index contributed by atoms with van der Waals surface area (Å²) in [6, 6.07) is 14.8. The Kier molecular flexibility index (Phi) is 7.17. The van der Waals surface area contributed by atoms with Crippen LogP contribution in [0.25, 0.3) is 11.1 Å². The van der Waals surface area contributed by atoms with Crippen LogP contribution >= 0.6 is 0 Å². The lowest BCUT2D eigenvalue weighted by molar-refractivity contribution is -0.141. The number of benzene rings is 2. The van der Waals surface area contributed by atoms with Crippen LogP contribution in [0.15, 0.2) is 48.5 Å². The average Bonchev–Trinajstić information content (AvgIpc) is 3.42. The molecule has 34 heavy (non-hydrogen) atoms. The number of fused-ring (bicyclic) bond motifs is 3. The number of carbonyl (C=O) groups is 3. The lowest BCUT2D eigenvalue weighted by Crippen LogP contribution is -2.55. The smallest absolute Gasteiger partial charge is 0.407 e. The number of carboxylic acids is 1. The Bertz CT molecular complexity index is 1030. The predicted octanol–water partition coefficient (Wildman–Crippen LogP) is 3.39. The lowest BCUT2D eigenvalue weighted by Gasteiger charge is -2.31. The fourth-order valence-electron chi connectivity index (χ4n) is 5.00. The number of rotatable bonds is 8. The van der Waals surface area contributed by atoms with E-state index in [1.807, 2.05) is 36.4 Å². The van der Waals surface area contributed by atoms with Gasteiger partial charge in [0.1, 0.15) is 12.6 Å². The first-order valence-electron chi connectivity index (χ1n) is 11.6. The highest BCUT2D eigenvalue weighted by molar-refractivity contribution is 5.87. The van der Waals surface area contributed by atoms with Crippen LogP contribution in [0.1, 0.15) is 43.2 Å². The van der Waals surface area contributed by atoms with Gasteiger partial charge < -0.3 is 24.8 Å². The topological polar surface area (TPSA) is 105 Å². The van der Waals surface area contributed by atoms with E-state index in [1.165, 1.54) is 12.0 Å². The van der Waals surface area contributed by atoms with E-state index in [0.29, 0.717) is 13.0 Å². The van der Waals surface area contributed by atoms with Crippen molar-refractivity contribution in [2.75, 3.05) is 20.3 Å². The maximum atomic E-state index is 13.2. The fourth-order valence-corrected chi connectivity index (χ4v) is 5.00. The zero-order chi connectivity index (χ0) is 24.2. The highest BCUT2D eigenvalue weighted by Gasteiger charge is 2.38. The molecule has 0 unspecified atom stereocenters. The summed E-state index contributed by atoms with van der Waals surface area (Å²) in [7, 11) is 1.46. The van der Waals surface area contributed by atoms with Crippen molar-refractivity contribution < 1.29 is 29.0 Å². The average molecular weight is 467 g/mol. The van der Waals surface area contributed by atoms with Gasteiger partial charge in [0.05, 0.1) is 12.5 Å². The quantitative estimate of drug-likeness (QED) is 0.618. The third kappa shape index (κ3) is 4.77. The number of alkyl carbamates (subject to hydrolysis) is 1. The van der Waals surface area contributed by atoms with E-state index in [0.717, 1.165) is 28.7 Å². The van der Waals surface area contributed by atoms with Gasteiger partial charge in [-0.2, -0.15) is 0 Å². The molecule has 180 valence electrons. The number of aliphatic carboxylic acids is 1. The monoisotopic (exact) mass is 466 g/mol. The van der Waals surface area contributed by atoms with E-state index in [9.17, 15) is 19.5 Å². The van der Waals surface area contributed by atoms with Crippen LogP contribution in [0.3, 0.4) is 0 Å². The maximum Gasteiger partial charge on any atom is 0.407 e. The standard InChI is InChI=1S/C26H30N2O6/c1-16(33-2)24(25(31)28-13-7-8-17(28)14-23(29)30)27-26(32)34-15-22-20-11-5-3-9-18(20)19-10-4-6-12-21(19)22/h3-6,9-12,16-17,22,24H,7-8,13-15H2,1-2H3,(H,27,32)(H,29,30)/t16-,17-,24+/m1/s1. The summed E-state index contributed by atoms with van der Waals surface area (Å²) in [6.45, 7) is 2.28. The van der Waals surface area contributed by atoms with Crippen LogP contribution in [0.2, 0.25) is 0 Å². The van der Waals surface area contributed by atoms with Gasteiger partial charge in [0.2, 0.25) is 5.91 Å². The first-order valence-corrected chi connectivity index (χ1v) is 11.6. The Balaban J connectivity index is 1.44. The van der Waals surface area contributed by atoms with E-state index in [1.54, 1.807) is 6.92 Å². The molecule has 1 heterocycles. The molecule has 1 fully saturated rings. The van der Waals surface area contributed by atoms with E-state index >= 15 is 0 Å². The van der Waals surface area contributed by atoms with Gasteiger partial charge in [0.25, 0.3) is 0 Å². The number of hydrogen-bond donors (Lipinski definition) is 2. The van der Waals surface area contributed by atoms with Crippen molar-refractivity contribution >= 4 is 18.0 Å². The number of nitrogens with one attached hydrogen (secondary N) is 1. The number of ether oxygens (including phenoxy) is 2. The van der Waals surface area contributed by atoms with Crippen LogP contribution in [0.5, 0.6) is 0 Å². The summed E-state index contributed by atoms with van der Waals surface area (Å²) < 4.78 is 10.9. The molecule has 8 nitrogen and oxygen atoms in total. The number of methoxy groups -OCH3 is 1. The van der Waals surface area contributed by atoms with Crippen LogP contribution < -0.4 is 5.32 Å². The molecule has 3 atom stereocenters. The van der Waals surface area contributed by atoms with Gasteiger partial charge in [0, 0.05) is 25.6 Å². The first kappa shape index (κ1) is 23.8. The second kappa shape index (κ2) is 10.3. The second-order valence-electron chi connectivity index (χ2n) is 8.81. The fraction of sp³-hybridized carbons (Fsp3) is 0.423. The molecule has 1 aliphatic carbocycles. The summed E-state index contributed by atoms with van der Waals surface area (Å²) in [5, 5.41) is 11.8. The van der Waals surface area contributed by atoms with Crippen molar-refractivity contribution in [3.63, 3.8) is 0 Å². The minimum atomic E-state index is -0.977. The molecule has 0 aromatic heterocycles. The molecule has 1 aliphatic heterocycles. The van der Waals surface area contributed by atoms with E-state index in [-0.39, 0.29) is 30.9 Å². The molecule has 2 aromatic rings.